The maximum atomic E-state index is 5.52. The first-order chi connectivity index (χ1) is 10.3. The van der Waals surface area contributed by atoms with Crippen molar-refractivity contribution < 1.29 is 4.74 Å². The number of rotatable bonds is 7. The summed E-state index contributed by atoms with van der Waals surface area (Å²) in [5, 5.41) is 3.71. The molecule has 1 N–H and O–H groups in total. The molecule has 1 aromatic carbocycles. The molecule has 0 amide bonds. The van der Waals surface area contributed by atoms with Gasteiger partial charge in [-0.1, -0.05) is 31.5 Å². The zero-order valence-electron chi connectivity index (χ0n) is 13.5. The van der Waals surface area contributed by atoms with E-state index >= 15 is 0 Å². The highest BCUT2D eigenvalue weighted by Gasteiger charge is 2.40. The maximum Gasteiger partial charge on any atom is 0.122 e. The van der Waals surface area contributed by atoms with E-state index in [9.17, 15) is 0 Å². The molecule has 2 saturated carbocycles. The van der Waals surface area contributed by atoms with Crippen LogP contribution in [0.3, 0.4) is 0 Å². The second-order valence-corrected chi connectivity index (χ2v) is 6.94. The van der Waals surface area contributed by atoms with Gasteiger partial charge in [-0.25, -0.2) is 0 Å². The lowest BCUT2D eigenvalue weighted by atomic mass is 9.83. The van der Waals surface area contributed by atoms with Gasteiger partial charge in [-0.15, -0.1) is 0 Å². The minimum Gasteiger partial charge on any atom is -0.496 e. The summed E-state index contributed by atoms with van der Waals surface area (Å²) in [5.41, 5.74) is 1.34. The second kappa shape index (κ2) is 6.83. The molecule has 0 saturated heterocycles. The largest absolute Gasteiger partial charge is 0.496 e. The Hall–Kier alpha value is -1.02. The maximum absolute atomic E-state index is 5.52. The van der Waals surface area contributed by atoms with Gasteiger partial charge in [0.15, 0.2) is 0 Å². The minimum absolute atomic E-state index is 0.593. The molecule has 2 aliphatic carbocycles. The van der Waals surface area contributed by atoms with Gasteiger partial charge in [0.25, 0.3) is 0 Å². The van der Waals surface area contributed by atoms with E-state index in [4.69, 9.17) is 4.74 Å². The van der Waals surface area contributed by atoms with Crippen molar-refractivity contribution in [3.63, 3.8) is 0 Å². The lowest BCUT2D eigenvalue weighted by Gasteiger charge is -2.27. The number of hydrogen-bond acceptors (Lipinski definition) is 2. The number of likely N-dealkylation sites (N-methyl/N-ethyl adjacent to an activating group) is 1. The Morgan fingerprint density at radius 2 is 2.10 bits per heavy atom. The quantitative estimate of drug-likeness (QED) is 0.817. The molecule has 116 valence electrons. The van der Waals surface area contributed by atoms with E-state index in [0.717, 1.165) is 36.5 Å². The van der Waals surface area contributed by atoms with E-state index < -0.39 is 0 Å². The van der Waals surface area contributed by atoms with Gasteiger partial charge >= 0.3 is 0 Å². The molecule has 2 nitrogen and oxygen atoms in total. The first kappa shape index (κ1) is 14.9. The van der Waals surface area contributed by atoms with Crippen molar-refractivity contribution in [1.29, 1.82) is 0 Å². The van der Waals surface area contributed by atoms with Gasteiger partial charge in [0.05, 0.1) is 7.11 Å². The molecule has 2 heteroatoms. The molecule has 2 fully saturated rings. The zero-order valence-corrected chi connectivity index (χ0v) is 13.5. The second-order valence-electron chi connectivity index (χ2n) is 6.94. The predicted molar refractivity (Wildman–Crippen MR) is 87.7 cm³/mol. The van der Waals surface area contributed by atoms with Crippen LogP contribution in [0.4, 0.5) is 0 Å². The number of fused-ring (bicyclic) bond motifs is 2. The Balaban J connectivity index is 1.64. The van der Waals surface area contributed by atoms with Gasteiger partial charge in [-0.05, 0) is 68.0 Å². The summed E-state index contributed by atoms with van der Waals surface area (Å²) < 4.78 is 5.52. The molecule has 2 aliphatic rings. The zero-order chi connectivity index (χ0) is 14.7. The number of ether oxygens (including phenoxy) is 1. The summed E-state index contributed by atoms with van der Waals surface area (Å²) in [5.74, 6) is 4.07. The average molecular weight is 287 g/mol. The van der Waals surface area contributed by atoms with Crippen LogP contribution in [0, 0.1) is 17.8 Å². The molecule has 0 aliphatic heterocycles. The Morgan fingerprint density at radius 3 is 2.76 bits per heavy atom. The Bertz CT molecular complexity index is 459. The smallest absolute Gasteiger partial charge is 0.122 e. The number of para-hydroxylation sites is 1. The van der Waals surface area contributed by atoms with Crippen molar-refractivity contribution in [1.82, 2.24) is 5.32 Å². The highest BCUT2D eigenvalue weighted by Crippen LogP contribution is 2.50. The van der Waals surface area contributed by atoms with Crippen LogP contribution in [0.25, 0.3) is 0 Å². The number of nitrogens with one attached hydrogen (secondary N) is 1. The van der Waals surface area contributed by atoms with Gasteiger partial charge < -0.3 is 10.1 Å². The summed E-state index contributed by atoms with van der Waals surface area (Å²) in [6.45, 7) is 3.27. The third-order valence-electron chi connectivity index (χ3n) is 5.62. The van der Waals surface area contributed by atoms with Gasteiger partial charge in [0.2, 0.25) is 0 Å². The summed E-state index contributed by atoms with van der Waals surface area (Å²) >= 11 is 0. The first-order valence-corrected chi connectivity index (χ1v) is 8.65. The van der Waals surface area contributed by atoms with E-state index in [0.29, 0.717) is 6.04 Å². The topological polar surface area (TPSA) is 21.3 Å². The third-order valence-corrected chi connectivity index (χ3v) is 5.62. The number of benzene rings is 1. The standard InChI is InChI=1S/C19H29NO/c1-3-20-18(12-16-6-4-5-7-19(16)21-2)13-17-11-14-8-9-15(17)10-14/h4-7,14-15,17-18,20H,3,8-13H2,1-2H3. The van der Waals surface area contributed by atoms with Crippen LogP contribution in [-0.4, -0.2) is 19.7 Å². The molecule has 0 heterocycles. The van der Waals surface area contributed by atoms with Crippen molar-refractivity contribution in [2.24, 2.45) is 17.8 Å². The highest BCUT2D eigenvalue weighted by atomic mass is 16.5. The fourth-order valence-corrected chi connectivity index (χ4v) is 4.70. The molecule has 21 heavy (non-hydrogen) atoms. The van der Waals surface area contributed by atoms with E-state index in [1.165, 1.54) is 37.7 Å². The minimum atomic E-state index is 0.593. The lowest BCUT2D eigenvalue weighted by Crippen LogP contribution is -2.34. The first-order valence-electron chi connectivity index (χ1n) is 8.65. The Labute approximate surface area is 129 Å². The molecule has 0 aromatic heterocycles. The number of hydrogen-bond donors (Lipinski definition) is 1. The molecule has 0 radical (unpaired) electrons. The van der Waals surface area contributed by atoms with Crippen LogP contribution in [0.5, 0.6) is 5.75 Å². The van der Waals surface area contributed by atoms with Gasteiger partial charge in [-0.2, -0.15) is 0 Å². The monoisotopic (exact) mass is 287 g/mol. The van der Waals surface area contributed by atoms with E-state index in [-0.39, 0.29) is 0 Å². The van der Waals surface area contributed by atoms with Crippen molar-refractivity contribution in [2.75, 3.05) is 13.7 Å². The van der Waals surface area contributed by atoms with Gasteiger partial charge in [0.1, 0.15) is 5.75 Å². The summed E-state index contributed by atoms with van der Waals surface area (Å²) in [7, 11) is 1.77. The molecule has 4 unspecified atom stereocenters. The average Bonchev–Trinajstić information content (AvgIpc) is 3.10. The SMILES string of the molecule is CCNC(Cc1ccccc1OC)CC1CC2CCC1C2. The molecule has 0 spiro atoms. The van der Waals surface area contributed by atoms with Crippen molar-refractivity contribution in [3.05, 3.63) is 29.8 Å². The Kier molecular flexibility index (Phi) is 4.84. The predicted octanol–water partition coefficient (Wildman–Crippen LogP) is 4.04. The third kappa shape index (κ3) is 3.42. The van der Waals surface area contributed by atoms with Crippen LogP contribution in [0.15, 0.2) is 24.3 Å². The molecule has 1 aromatic rings. The molecular weight excluding hydrogens is 258 g/mol. The molecule has 3 rings (SSSR count). The van der Waals surface area contributed by atoms with E-state index in [1.807, 2.05) is 0 Å². The van der Waals surface area contributed by atoms with E-state index in [1.54, 1.807) is 7.11 Å². The fraction of sp³-hybridized carbons (Fsp3) is 0.684. The van der Waals surface area contributed by atoms with E-state index in [2.05, 4.69) is 36.5 Å². The van der Waals surface area contributed by atoms with Crippen LogP contribution in [0.2, 0.25) is 0 Å². The Morgan fingerprint density at radius 1 is 1.24 bits per heavy atom. The fourth-order valence-electron chi connectivity index (χ4n) is 4.70. The molecular formula is C19H29NO. The number of methoxy groups -OCH3 is 1. The van der Waals surface area contributed by atoms with Crippen LogP contribution >= 0.6 is 0 Å². The lowest BCUT2D eigenvalue weighted by molar-refractivity contribution is 0.277. The molecule has 2 bridgehead atoms. The normalized spacial score (nSPS) is 28.8. The van der Waals surface area contributed by atoms with Crippen molar-refractivity contribution in [2.45, 2.75) is 51.5 Å². The van der Waals surface area contributed by atoms with Gasteiger partial charge in [0, 0.05) is 6.04 Å². The van der Waals surface area contributed by atoms with Crippen LogP contribution in [-0.2, 0) is 6.42 Å². The summed E-state index contributed by atoms with van der Waals surface area (Å²) in [6.07, 6.45) is 8.41. The van der Waals surface area contributed by atoms with Crippen LogP contribution < -0.4 is 10.1 Å². The summed E-state index contributed by atoms with van der Waals surface area (Å²) in [4.78, 5) is 0. The van der Waals surface area contributed by atoms with Crippen LogP contribution in [0.1, 0.15) is 44.6 Å². The molecule has 4 atom stereocenters. The van der Waals surface area contributed by atoms with Crippen molar-refractivity contribution >= 4 is 0 Å². The summed E-state index contributed by atoms with van der Waals surface area (Å²) in [6, 6.07) is 9.06. The van der Waals surface area contributed by atoms with Gasteiger partial charge in [-0.3, -0.25) is 0 Å². The van der Waals surface area contributed by atoms with Crippen molar-refractivity contribution in [3.8, 4) is 5.75 Å². The highest BCUT2D eigenvalue weighted by molar-refractivity contribution is 5.33.